The Bertz CT molecular complexity index is 534. The zero-order valence-electron chi connectivity index (χ0n) is 15.9. The molecule has 1 saturated heterocycles. The Morgan fingerprint density at radius 2 is 1.64 bits per heavy atom. The summed E-state index contributed by atoms with van der Waals surface area (Å²) in [7, 11) is 0. The second-order valence-electron chi connectivity index (χ2n) is 7.13. The van der Waals surface area contributed by atoms with E-state index in [-0.39, 0.29) is 5.92 Å². The molecule has 1 aliphatic heterocycles. The lowest BCUT2D eigenvalue weighted by Crippen LogP contribution is -2.60. The van der Waals surface area contributed by atoms with Gasteiger partial charge in [-0.2, -0.15) is 0 Å². The summed E-state index contributed by atoms with van der Waals surface area (Å²) < 4.78 is 10.8. The smallest absolute Gasteiger partial charge is 0.306 e. The lowest BCUT2D eigenvalue weighted by Gasteiger charge is -2.41. The molecule has 28 heavy (non-hydrogen) atoms. The molecule has 6 N–H and O–H groups in total. The van der Waals surface area contributed by atoms with Crippen LogP contribution in [0.2, 0.25) is 0 Å². The second-order valence-corrected chi connectivity index (χ2v) is 7.13. The van der Waals surface area contributed by atoms with E-state index >= 15 is 0 Å². The van der Waals surface area contributed by atoms with Gasteiger partial charge in [-0.15, -0.1) is 0 Å². The number of carboxylic acid groups (broad SMARTS) is 2. The molecular formula is C18H30O10. The van der Waals surface area contributed by atoms with E-state index in [2.05, 4.69) is 0 Å². The van der Waals surface area contributed by atoms with E-state index in [4.69, 9.17) is 19.7 Å². The molecular weight excluding hydrogens is 376 g/mol. The molecule has 0 aromatic rings. The Kier molecular flexibility index (Phi) is 10.0. The number of carbonyl (C=O) groups is 2. The number of allylic oxidation sites excluding steroid dienone is 2. The van der Waals surface area contributed by atoms with E-state index in [1.807, 2.05) is 0 Å². The van der Waals surface area contributed by atoms with Gasteiger partial charge in [0.15, 0.2) is 6.29 Å². The van der Waals surface area contributed by atoms with Gasteiger partial charge in [-0.25, -0.2) is 0 Å². The molecule has 1 rings (SSSR count). The topological polar surface area (TPSA) is 174 Å². The van der Waals surface area contributed by atoms with Crippen molar-refractivity contribution in [2.24, 2.45) is 11.8 Å². The number of carboxylic acids is 2. The van der Waals surface area contributed by atoms with Crippen LogP contribution in [0.15, 0.2) is 12.2 Å². The van der Waals surface area contributed by atoms with E-state index < -0.39 is 67.7 Å². The third-order valence-corrected chi connectivity index (χ3v) is 4.75. The molecule has 1 fully saturated rings. The molecule has 0 spiro atoms. The van der Waals surface area contributed by atoms with Crippen molar-refractivity contribution in [2.45, 2.75) is 69.9 Å². The Morgan fingerprint density at radius 3 is 2.18 bits per heavy atom. The normalized spacial score (nSPS) is 31.4. The quantitative estimate of drug-likeness (QED) is 0.242. The molecule has 0 radical (unpaired) electrons. The molecule has 1 aliphatic rings. The largest absolute Gasteiger partial charge is 0.481 e. The number of aliphatic hydroxyl groups is 4. The van der Waals surface area contributed by atoms with Crippen molar-refractivity contribution >= 4 is 11.9 Å². The lowest BCUT2D eigenvalue weighted by atomic mass is 9.96. The summed E-state index contributed by atoms with van der Waals surface area (Å²) in [6, 6.07) is 0. The zero-order chi connectivity index (χ0) is 21.4. The molecule has 0 amide bonds. The van der Waals surface area contributed by atoms with Crippen molar-refractivity contribution in [3.63, 3.8) is 0 Å². The number of aliphatic carboxylic acids is 2. The van der Waals surface area contributed by atoms with Crippen LogP contribution in [0, 0.1) is 11.8 Å². The van der Waals surface area contributed by atoms with E-state index in [9.17, 15) is 30.0 Å². The first-order chi connectivity index (χ1) is 13.1. The van der Waals surface area contributed by atoms with Gasteiger partial charge in [-0.05, 0) is 18.8 Å². The van der Waals surface area contributed by atoms with Crippen LogP contribution in [-0.2, 0) is 19.1 Å². The van der Waals surface area contributed by atoms with Gasteiger partial charge in [0.1, 0.15) is 24.4 Å². The molecule has 162 valence electrons. The minimum Gasteiger partial charge on any atom is -0.481 e. The summed E-state index contributed by atoms with van der Waals surface area (Å²) in [5.41, 5.74) is 0. The Hall–Kier alpha value is -1.56. The van der Waals surface area contributed by atoms with Crippen LogP contribution in [0.5, 0.6) is 0 Å². The van der Waals surface area contributed by atoms with Crippen LogP contribution >= 0.6 is 0 Å². The number of ether oxygens (including phenoxy) is 2. The number of rotatable bonds is 11. The molecule has 0 saturated carbocycles. The fourth-order valence-electron chi connectivity index (χ4n) is 2.77. The average molecular weight is 406 g/mol. The number of aliphatic hydroxyl groups excluding tert-OH is 4. The van der Waals surface area contributed by atoms with Gasteiger partial charge in [0.25, 0.3) is 0 Å². The van der Waals surface area contributed by atoms with Gasteiger partial charge in [-0.1, -0.05) is 26.0 Å². The minimum absolute atomic E-state index is 0.333. The van der Waals surface area contributed by atoms with E-state index in [1.165, 1.54) is 0 Å². The van der Waals surface area contributed by atoms with Crippen molar-refractivity contribution in [1.29, 1.82) is 0 Å². The molecule has 1 heterocycles. The Morgan fingerprint density at radius 1 is 1.04 bits per heavy atom. The molecule has 10 nitrogen and oxygen atoms in total. The van der Waals surface area contributed by atoms with Gasteiger partial charge >= 0.3 is 11.9 Å². The van der Waals surface area contributed by atoms with E-state index in [0.29, 0.717) is 12.8 Å². The van der Waals surface area contributed by atoms with Gasteiger partial charge in [0.05, 0.1) is 25.0 Å². The van der Waals surface area contributed by atoms with Crippen LogP contribution in [0.1, 0.15) is 33.1 Å². The van der Waals surface area contributed by atoms with Crippen molar-refractivity contribution < 1.29 is 49.7 Å². The SMILES string of the molecule is CC(C/C=C/CC(C)C(CC(=O)O)O[C@@H]1O[C@H](CO)[C@@H](O)[C@H](O)[C@H]1O)C(=O)O. The number of hydrogen-bond donors (Lipinski definition) is 6. The molecule has 0 aromatic carbocycles. The van der Waals surface area contributed by atoms with Crippen LogP contribution < -0.4 is 0 Å². The van der Waals surface area contributed by atoms with Crippen molar-refractivity contribution in [3.8, 4) is 0 Å². The predicted octanol–water partition coefficient (Wildman–Crippen LogP) is -0.661. The summed E-state index contributed by atoms with van der Waals surface area (Å²) in [5, 5.41) is 56.9. The highest BCUT2D eigenvalue weighted by atomic mass is 16.7. The molecule has 0 bridgehead atoms. The van der Waals surface area contributed by atoms with Crippen LogP contribution in [-0.4, -0.2) is 86.0 Å². The first-order valence-corrected chi connectivity index (χ1v) is 9.14. The van der Waals surface area contributed by atoms with Gasteiger partial charge in [0, 0.05) is 0 Å². The Labute approximate surface area is 163 Å². The molecule has 0 aliphatic carbocycles. The minimum atomic E-state index is -1.62. The third kappa shape index (κ3) is 7.12. The maximum absolute atomic E-state index is 11.2. The standard InChI is InChI=1S/C18H30O10/c1-9(5-3-4-6-10(2)17(25)26)11(7-13(20)21)27-18-16(24)15(23)14(22)12(8-19)28-18/h3-4,9-12,14-16,18-19,22-24H,5-8H2,1-2H3,(H,20,21)(H,25,26)/b4-3+/t9?,10?,11?,12-,14-,15+,16-,18-/m1/s1. The van der Waals surface area contributed by atoms with Crippen LogP contribution in [0.25, 0.3) is 0 Å². The maximum atomic E-state index is 11.2. The summed E-state index contributed by atoms with van der Waals surface area (Å²) in [6.45, 7) is 2.68. The Balaban J connectivity index is 2.74. The average Bonchev–Trinajstić information content (AvgIpc) is 2.63. The summed E-state index contributed by atoms with van der Waals surface area (Å²) in [5.74, 6) is -2.91. The van der Waals surface area contributed by atoms with Gasteiger partial charge in [-0.3, -0.25) is 9.59 Å². The lowest BCUT2D eigenvalue weighted by molar-refractivity contribution is -0.314. The van der Waals surface area contributed by atoms with Crippen molar-refractivity contribution in [3.05, 3.63) is 12.2 Å². The van der Waals surface area contributed by atoms with Gasteiger partial charge in [0.2, 0.25) is 0 Å². The summed E-state index contributed by atoms with van der Waals surface area (Å²) in [6.07, 6.45) is -4.47. The molecule has 3 unspecified atom stereocenters. The highest BCUT2D eigenvalue weighted by molar-refractivity contribution is 5.69. The van der Waals surface area contributed by atoms with E-state index in [1.54, 1.807) is 26.0 Å². The number of hydrogen-bond acceptors (Lipinski definition) is 8. The summed E-state index contributed by atoms with van der Waals surface area (Å²) in [4.78, 5) is 22.0. The van der Waals surface area contributed by atoms with Crippen molar-refractivity contribution in [2.75, 3.05) is 6.61 Å². The monoisotopic (exact) mass is 406 g/mol. The third-order valence-electron chi connectivity index (χ3n) is 4.75. The van der Waals surface area contributed by atoms with Crippen molar-refractivity contribution in [1.82, 2.24) is 0 Å². The van der Waals surface area contributed by atoms with E-state index in [0.717, 1.165) is 0 Å². The van der Waals surface area contributed by atoms with Crippen LogP contribution in [0.3, 0.4) is 0 Å². The fraction of sp³-hybridized carbons (Fsp3) is 0.778. The van der Waals surface area contributed by atoms with Crippen LogP contribution in [0.4, 0.5) is 0 Å². The second kappa shape index (κ2) is 11.4. The highest BCUT2D eigenvalue weighted by Gasteiger charge is 2.45. The molecule has 0 aromatic heterocycles. The summed E-state index contributed by atoms with van der Waals surface area (Å²) >= 11 is 0. The fourth-order valence-corrected chi connectivity index (χ4v) is 2.77. The molecule has 10 heteroatoms. The first kappa shape index (κ1) is 24.5. The predicted molar refractivity (Wildman–Crippen MR) is 95.2 cm³/mol. The molecule has 8 atom stereocenters. The zero-order valence-corrected chi connectivity index (χ0v) is 15.9. The first-order valence-electron chi connectivity index (χ1n) is 9.14. The van der Waals surface area contributed by atoms with Gasteiger partial charge < -0.3 is 40.1 Å². The maximum Gasteiger partial charge on any atom is 0.306 e. The highest BCUT2D eigenvalue weighted by Crippen LogP contribution is 2.26.